The molecule has 0 aliphatic heterocycles. The van der Waals surface area contributed by atoms with Crippen molar-refractivity contribution in [2.75, 3.05) is 19.8 Å². The van der Waals surface area contributed by atoms with Gasteiger partial charge in [-0.15, -0.1) is 0 Å². The molecular formula is C13H25NO. The van der Waals surface area contributed by atoms with Crippen LogP contribution in [0.1, 0.15) is 45.4 Å². The Bertz CT molecular complexity index is 179. The van der Waals surface area contributed by atoms with Crippen molar-refractivity contribution < 1.29 is 4.74 Å². The first-order valence-electron chi connectivity index (χ1n) is 6.65. The minimum Gasteiger partial charge on any atom is -0.380 e. The third-order valence-corrected chi connectivity index (χ3v) is 3.67. The largest absolute Gasteiger partial charge is 0.380 e. The molecular weight excluding hydrogens is 186 g/mol. The van der Waals surface area contributed by atoms with E-state index in [2.05, 4.69) is 12.2 Å². The predicted octanol–water partition coefficient (Wildman–Crippen LogP) is 2.58. The average molecular weight is 211 g/mol. The molecule has 1 N–H and O–H groups in total. The van der Waals surface area contributed by atoms with E-state index in [-0.39, 0.29) is 0 Å². The maximum atomic E-state index is 5.61. The Balaban J connectivity index is 1.45. The highest BCUT2D eigenvalue weighted by Gasteiger charge is 2.21. The lowest BCUT2D eigenvalue weighted by molar-refractivity contribution is 0.121. The number of ether oxygens (including phenoxy) is 1. The molecule has 0 radical (unpaired) electrons. The van der Waals surface area contributed by atoms with Crippen LogP contribution in [-0.2, 0) is 4.74 Å². The number of hydrogen-bond donors (Lipinski definition) is 1. The lowest BCUT2D eigenvalue weighted by atomic mass is 9.87. The molecule has 0 aromatic carbocycles. The first-order chi connectivity index (χ1) is 7.34. The fourth-order valence-electron chi connectivity index (χ4n) is 2.49. The van der Waals surface area contributed by atoms with E-state index in [9.17, 15) is 0 Å². The van der Waals surface area contributed by atoms with E-state index in [4.69, 9.17) is 4.74 Å². The van der Waals surface area contributed by atoms with Crippen LogP contribution in [0.4, 0.5) is 0 Å². The Labute approximate surface area is 93.8 Å². The Morgan fingerprint density at radius 2 is 2.07 bits per heavy atom. The molecule has 88 valence electrons. The van der Waals surface area contributed by atoms with Crippen LogP contribution in [0.15, 0.2) is 0 Å². The molecule has 2 fully saturated rings. The monoisotopic (exact) mass is 211 g/mol. The van der Waals surface area contributed by atoms with Gasteiger partial charge >= 0.3 is 0 Å². The van der Waals surface area contributed by atoms with E-state index in [0.717, 1.165) is 37.6 Å². The molecule has 0 aromatic heterocycles. The van der Waals surface area contributed by atoms with Crippen molar-refractivity contribution in [2.45, 2.75) is 51.5 Å². The van der Waals surface area contributed by atoms with Gasteiger partial charge in [0.15, 0.2) is 0 Å². The van der Waals surface area contributed by atoms with Crippen LogP contribution in [0.25, 0.3) is 0 Å². The zero-order valence-corrected chi connectivity index (χ0v) is 10.0. The second-order valence-corrected chi connectivity index (χ2v) is 5.44. The summed E-state index contributed by atoms with van der Waals surface area (Å²) >= 11 is 0. The van der Waals surface area contributed by atoms with Crippen molar-refractivity contribution in [3.05, 3.63) is 0 Å². The van der Waals surface area contributed by atoms with Crippen LogP contribution in [0.3, 0.4) is 0 Å². The first-order valence-corrected chi connectivity index (χ1v) is 6.65. The fraction of sp³-hybridized carbons (Fsp3) is 1.00. The molecule has 0 bridgehead atoms. The Kier molecular flexibility index (Phi) is 4.45. The van der Waals surface area contributed by atoms with Gasteiger partial charge in [-0.1, -0.05) is 19.8 Å². The van der Waals surface area contributed by atoms with Crippen molar-refractivity contribution in [2.24, 2.45) is 11.8 Å². The van der Waals surface area contributed by atoms with E-state index in [1.165, 1.54) is 38.5 Å². The summed E-state index contributed by atoms with van der Waals surface area (Å²) in [5.41, 5.74) is 0. The minimum absolute atomic E-state index is 0.762. The van der Waals surface area contributed by atoms with Gasteiger partial charge in [-0.25, -0.2) is 0 Å². The summed E-state index contributed by atoms with van der Waals surface area (Å²) in [6.07, 6.45) is 8.36. The molecule has 2 aliphatic rings. The molecule has 2 nitrogen and oxygen atoms in total. The molecule has 0 heterocycles. The molecule has 0 spiro atoms. The lowest BCUT2D eigenvalue weighted by Crippen LogP contribution is -2.35. The second-order valence-electron chi connectivity index (χ2n) is 5.44. The second kappa shape index (κ2) is 5.86. The molecule has 0 amide bonds. The Morgan fingerprint density at radius 1 is 1.20 bits per heavy atom. The minimum atomic E-state index is 0.762. The van der Waals surface area contributed by atoms with Crippen molar-refractivity contribution in [1.29, 1.82) is 0 Å². The molecule has 2 aliphatic carbocycles. The standard InChI is InChI=1S/C13H25NO/c1-11-3-2-4-13(9-11)14-7-8-15-10-12-5-6-12/h11-14H,2-10H2,1H3. The van der Waals surface area contributed by atoms with E-state index >= 15 is 0 Å². The number of nitrogens with one attached hydrogen (secondary N) is 1. The topological polar surface area (TPSA) is 21.3 Å². The van der Waals surface area contributed by atoms with Crippen LogP contribution in [0, 0.1) is 11.8 Å². The highest BCUT2D eigenvalue weighted by Crippen LogP contribution is 2.28. The Hall–Kier alpha value is -0.0800. The summed E-state index contributed by atoms with van der Waals surface area (Å²) in [5, 5.41) is 3.62. The van der Waals surface area contributed by atoms with Crippen LogP contribution in [0.2, 0.25) is 0 Å². The third kappa shape index (κ3) is 4.52. The van der Waals surface area contributed by atoms with Gasteiger partial charge in [-0.2, -0.15) is 0 Å². The van der Waals surface area contributed by atoms with E-state index in [1.54, 1.807) is 0 Å². The van der Waals surface area contributed by atoms with Gasteiger partial charge in [0.1, 0.15) is 0 Å². The maximum absolute atomic E-state index is 5.61. The summed E-state index contributed by atoms with van der Waals surface area (Å²) in [4.78, 5) is 0. The first kappa shape index (κ1) is 11.4. The zero-order chi connectivity index (χ0) is 10.5. The normalized spacial score (nSPS) is 31.8. The van der Waals surface area contributed by atoms with Crippen LogP contribution < -0.4 is 5.32 Å². The molecule has 2 saturated carbocycles. The van der Waals surface area contributed by atoms with Gasteiger partial charge in [0.2, 0.25) is 0 Å². The van der Waals surface area contributed by atoms with Crippen molar-refractivity contribution in [3.63, 3.8) is 0 Å². The fourth-order valence-corrected chi connectivity index (χ4v) is 2.49. The van der Waals surface area contributed by atoms with Gasteiger partial charge in [-0.3, -0.25) is 0 Å². The highest BCUT2D eigenvalue weighted by molar-refractivity contribution is 4.76. The molecule has 15 heavy (non-hydrogen) atoms. The summed E-state index contributed by atoms with van der Waals surface area (Å²) in [7, 11) is 0. The third-order valence-electron chi connectivity index (χ3n) is 3.67. The lowest BCUT2D eigenvalue weighted by Gasteiger charge is -2.27. The van der Waals surface area contributed by atoms with Crippen LogP contribution >= 0.6 is 0 Å². The van der Waals surface area contributed by atoms with Crippen molar-refractivity contribution >= 4 is 0 Å². The highest BCUT2D eigenvalue weighted by atomic mass is 16.5. The zero-order valence-electron chi connectivity index (χ0n) is 10.0. The number of rotatable bonds is 6. The summed E-state index contributed by atoms with van der Waals surface area (Å²) < 4.78 is 5.61. The summed E-state index contributed by atoms with van der Waals surface area (Å²) in [6.45, 7) is 5.33. The number of hydrogen-bond acceptors (Lipinski definition) is 2. The molecule has 2 atom stereocenters. The van der Waals surface area contributed by atoms with Gasteiger partial charge in [-0.05, 0) is 37.5 Å². The molecule has 2 heteroatoms. The SMILES string of the molecule is CC1CCCC(NCCOCC2CC2)C1. The van der Waals surface area contributed by atoms with E-state index < -0.39 is 0 Å². The molecule has 0 aromatic rings. The van der Waals surface area contributed by atoms with Gasteiger partial charge in [0.25, 0.3) is 0 Å². The van der Waals surface area contributed by atoms with Crippen LogP contribution in [-0.4, -0.2) is 25.8 Å². The van der Waals surface area contributed by atoms with Gasteiger partial charge in [0, 0.05) is 19.2 Å². The van der Waals surface area contributed by atoms with E-state index in [0.29, 0.717) is 0 Å². The quantitative estimate of drug-likeness (QED) is 0.682. The molecule has 2 unspecified atom stereocenters. The maximum Gasteiger partial charge on any atom is 0.0591 e. The molecule has 0 saturated heterocycles. The Morgan fingerprint density at radius 3 is 2.80 bits per heavy atom. The van der Waals surface area contributed by atoms with Crippen LogP contribution in [0.5, 0.6) is 0 Å². The van der Waals surface area contributed by atoms with Crippen molar-refractivity contribution in [3.8, 4) is 0 Å². The average Bonchev–Trinajstić information content (AvgIpc) is 3.01. The van der Waals surface area contributed by atoms with Gasteiger partial charge in [0.05, 0.1) is 6.61 Å². The molecule has 2 rings (SSSR count). The van der Waals surface area contributed by atoms with E-state index in [1.807, 2.05) is 0 Å². The van der Waals surface area contributed by atoms with Gasteiger partial charge < -0.3 is 10.1 Å². The predicted molar refractivity (Wildman–Crippen MR) is 63.0 cm³/mol. The van der Waals surface area contributed by atoms with Crippen molar-refractivity contribution in [1.82, 2.24) is 5.32 Å². The summed E-state index contributed by atoms with van der Waals surface area (Å²) in [5.74, 6) is 1.82. The summed E-state index contributed by atoms with van der Waals surface area (Å²) in [6, 6.07) is 0.762. The smallest absolute Gasteiger partial charge is 0.0591 e.